The Morgan fingerprint density at radius 1 is 1.12 bits per heavy atom. The smallest absolute Gasteiger partial charge is 0.230 e. The summed E-state index contributed by atoms with van der Waals surface area (Å²) in [4.78, 5) is 26.4. The minimum atomic E-state index is -0.273. The fourth-order valence-corrected chi connectivity index (χ4v) is 4.92. The van der Waals surface area contributed by atoms with E-state index in [0.29, 0.717) is 17.9 Å². The van der Waals surface area contributed by atoms with Gasteiger partial charge >= 0.3 is 0 Å². The van der Waals surface area contributed by atoms with Crippen molar-refractivity contribution in [1.29, 1.82) is 0 Å². The van der Waals surface area contributed by atoms with Gasteiger partial charge in [-0.15, -0.1) is 0 Å². The maximum Gasteiger partial charge on any atom is 0.230 e. The van der Waals surface area contributed by atoms with Crippen molar-refractivity contribution in [3.8, 4) is 0 Å². The third-order valence-electron chi connectivity index (χ3n) is 6.12. The summed E-state index contributed by atoms with van der Waals surface area (Å²) in [6.07, 6.45) is 9.75. The number of likely N-dealkylation sites (tertiary alicyclic amines) is 1. The SMILES string of the molecule is O=C1N([C@H]2CC[C@H](O)CC2)CC[C@@]12CCCN(c1ncc(Br)cn1)C2. The predicted molar refractivity (Wildman–Crippen MR) is 98.2 cm³/mol. The predicted octanol–water partition coefficient (Wildman–Crippen LogP) is 2.36. The zero-order valence-corrected chi connectivity index (χ0v) is 16.0. The van der Waals surface area contributed by atoms with Gasteiger partial charge in [0.15, 0.2) is 0 Å². The third-order valence-corrected chi connectivity index (χ3v) is 6.53. The molecule has 1 aromatic heterocycles. The van der Waals surface area contributed by atoms with Crippen molar-refractivity contribution in [3.63, 3.8) is 0 Å². The first-order chi connectivity index (χ1) is 12.1. The van der Waals surface area contributed by atoms with Crippen LogP contribution in [0.15, 0.2) is 16.9 Å². The molecule has 1 aromatic rings. The van der Waals surface area contributed by atoms with Crippen LogP contribution in [0.4, 0.5) is 5.95 Å². The van der Waals surface area contributed by atoms with Crippen LogP contribution in [0.2, 0.25) is 0 Å². The zero-order valence-electron chi connectivity index (χ0n) is 14.4. The van der Waals surface area contributed by atoms with Gasteiger partial charge in [-0.2, -0.15) is 0 Å². The molecule has 136 valence electrons. The highest BCUT2D eigenvalue weighted by atomic mass is 79.9. The largest absolute Gasteiger partial charge is 0.393 e. The summed E-state index contributed by atoms with van der Waals surface area (Å²) in [5.41, 5.74) is -0.273. The summed E-state index contributed by atoms with van der Waals surface area (Å²) in [5.74, 6) is 1.03. The molecule has 2 saturated heterocycles. The van der Waals surface area contributed by atoms with Crippen LogP contribution in [0, 0.1) is 5.41 Å². The van der Waals surface area contributed by atoms with Crippen molar-refractivity contribution in [2.75, 3.05) is 24.5 Å². The highest BCUT2D eigenvalue weighted by molar-refractivity contribution is 9.10. The van der Waals surface area contributed by atoms with Gasteiger partial charge in [0.1, 0.15) is 0 Å². The molecule has 2 aliphatic heterocycles. The van der Waals surface area contributed by atoms with E-state index in [4.69, 9.17) is 0 Å². The molecule has 1 amide bonds. The molecule has 0 unspecified atom stereocenters. The lowest BCUT2D eigenvalue weighted by Gasteiger charge is -2.40. The van der Waals surface area contributed by atoms with Crippen molar-refractivity contribution in [2.45, 2.75) is 57.1 Å². The summed E-state index contributed by atoms with van der Waals surface area (Å²) in [5, 5.41) is 9.73. The zero-order chi connectivity index (χ0) is 17.4. The maximum absolute atomic E-state index is 13.3. The molecule has 4 rings (SSSR count). The molecule has 0 radical (unpaired) electrons. The minimum absolute atomic E-state index is 0.178. The highest BCUT2D eigenvalue weighted by Gasteiger charge is 2.50. The van der Waals surface area contributed by atoms with Crippen molar-refractivity contribution in [3.05, 3.63) is 16.9 Å². The van der Waals surface area contributed by atoms with E-state index in [1.165, 1.54) is 0 Å². The second-order valence-electron chi connectivity index (χ2n) is 7.72. The Bertz CT molecular complexity index is 632. The van der Waals surface area contributed by atoms with Crippen LogP contribution in [0.1, 0.15) is 44.9 Å². The van der Waals surface area contributed by atoms with Gasteiger partial charge in [0.05, 0.1) is 16.0 Å². The summed E-state index contributed by atoms with van der Waals surface area (Å²) >= 11 is 3.37. The molecule has 3 heterocycles. The van der Waals surface area contributed by atoms with E-state index in [-0.39, 0.29) is 11.5 Å². The number of amides is 1. The summed E-state index contributed by atoms with van der Waals surface area (Å²) < 4.78 is 0.866. The Labute approximate surface area is 156 Å². The molecule has 0 bridgehead atoms. The average Bonchev–Trinajstić information content (AvgIpc) is 2.93. The van der Waals surface area contributed by atoms with Gasteiger partial charge in [-0.1, -0.05) is 0 Å². The molecule has 1 spiro atoms. The molecule has 1 aliphatic carbocycles. The van der Waals surface area contributed by atoms with Gasteiger partial charge in [-0.25, -0.2) is 9.97 Å². The molecule has 0 aromatic carbocycles. The second kappa shape index (κ2) is 6.83. The van der Waals surface area contributed by atoms with Crippen molar-refractivity contribution in [1.82, 2.24) is 14.9 Å². The van der Waals surface area contributed by atoms with E-state index in [0.717, 1.165) is 69.1 Å². The van der Waals surface area contributed by atoms with Gasteiger partial charge < -0.3 is 14.9 Å². The van der Waals surface area contributed by atoms with Gasteiger partial charge in [0, 0.05) is 38.1 Å². The number of carbonyl (C=O) groups excluding carboxylic acids is 1. The number of aromatic nitrogens is 2. The summed E-state index contributed by atoms with van der Waals surface area (Å²) in [6, 6.07) is 0.314. The van der Waals surface area contributed by atoms with Gasteiger partial charge in [-0.05, 0) is 60.9 Å². The fraction of sp³-hybridized carbons (Fsp3) is 0.722. The first-order valence-electron chi connectivity index (χ1n) is 9.29. The number of piperidine rings is 1. The molecule has 25 heavy (non-hydrogen) atoms. The number of hydrogen-bond acceptors (Lipinski definition) is 5. The maximum atomic E-state index is 13.3. The fourth-order valence-electron chi connectivity index (χ4n) is 4.72. The quantitative estimate of drug-likeness (QED) is 0.812. The number of anilines is 1. The van der Waals surface area contributed by atoms with Crippen molar-refractivity contribution in [2.24, 2.45) is 5.41 Å². The van der Waals surface area contributed by atoms with Crippen LogP contribution >= 0.6 is 15.9 Å². The lowest BCUT2D eigenvalue weighted by atomic mass is 9.78. The lowest BCUT2D eigenvalue weighted by molar-refractivity contribution is -0.139. The lowest BCUT2D eigenvalue weighted by Crippen LogP contribution is -2.50. The average molecular weight is 409 g/mol. The van der Waals surface area contributed by atoms with E-state index < -0.39 is 0 Å². The Hall–Kier alpha value is -1.21. The monoisotopic (exact) mass is 408 g/mol. The Morgan fingerprint density at radius 3 is 2.56 bits per heavy atom. The van der Waals surface area contributed by atoms with Crippen LogP contribution in [0.3, 0.4) is 0 Å². The third kappa shape index (κ3) is 3.28. The number of aliphatic hydroxyl groups excluding tert-OH is 1. The molecule has 3 fully saturated rings. The molecular formula is C18H25BrN4O2. The van der Waals surface area contributed by atoms with E-state index in [2.05, 4.69) is 35.7 Å². The molecule has 7 heteroatoms. The number of hydrogen-bond donors (Lipinski definition) is 1. The van der Waals surface area contributed by atoms with Gasteiger partial charge in [-0.3, -0.25) is 4.79 Å². The Balaban J connectivity index is 1.48. The van der Waals surface area contributed by atoms with Gasteiger partial charge in [0.25, 0.3) is 0 Å². The van der Waals surface area contributed by atoms with Crippen LogP contribution in [0.25, 0.3) is 0 Å². The second-order valence-corrected chi connectivity index (χ2v) is 8.63. The van der Waals surface area contributed by atoms with Crippen molar-refractivity contribution >= 4 is 27.8 Å². The number of aliphatic hydroxyl groups is 1. The summed E-state index contributed by atoms with van der Waals surface area (Å²) in [7, 11) is 0. The standard InChI is InChI=1S/C18H25BrN4O2/c19-13-10-20-17(21-11-13)22-8-1-6-18(12-22)7-9-23(16(18)25)14-2-4-15(24)5-3-14/h10-11,14-15,24H,1-9,12H2/t14-,15-,18-/m1/s1. The number of carbonyl (C=O) groups is 1. The van der Waals surface area contributed by atoms with E-state index in [1.54, 1.807) is 12.4 Å². The van der Waals surface area contributed by atoms with E-state index in [1.807, 2.05) is 0 Å². The molecular weight excluding hydrogens is 384 g/mol. The van der Waals surface area contributed by atoms with E-state index in [9.17, 15) is 9.90 Å². The van der Waals surface area contributed by atoms with Crippen LogP contribution < -0.4 is 4.90 Å². The summed E-state index contributed by atoms with van der Waals surface area (Å²) in [6.45, 7) is 2.49. The van der Waals surface area contributed by atoms with Crippen LogP contribution in [0.5, 0.6) is 0 Å². The van der Waals surface area contributed by atoms with Gasteiger partial charge in [0.2, 0.25) is 11.9 Å². The normalized spacial score (nSPS) is 33.3. The molecule has 3 aliphatic rings. The first-order valence-corrected chi connectivity index (χ1v) is 10.1. The molecule has 1 N–H and O–H groups in total. The van der Waals surface area contributed by atoms with Crippen LogP contribution in [-0.4, -0.2) is 57.7 Å². The first kappa shape index (κ1) is 17.2. The van der Waals surface area contributed by atoms with Crippen LogP contribution in [-0.2, 0) is 4.79 Å². The number of nitrogens with zero attached hydrogens (tertiary/aromatic N) is 4. The number of rotatable bonds is 2. The Kier molecular flexibility index (Phi) is 4.71. The van der Waals surface area contributed by atoms with Crippen molar-refractivity contribution < 1.29 is 9.90 Å². The van der Waals surface area contributed by atoms with E-state index >= 15 is 0 Å². The highest BCUT2D eigenvalue weighted by Crippen LogP contribution is 2.43. The number of halogens is 1. The topological polar surface area (TPSA) is 69.6 Å². The minimum Gasteiger partial charge on any atom is -0.393 e. The molecule has 1 atom stereocenters. The molecule has 6 nitrogen and oxygen atoms in total. The molecule has 1 saturated carbocycles. The Morgan fingerprint density at radius 2 is 1.84 bits per heavy atom.